The van der Waals surface area contributed by atoms with Gasteiger partial charge >= 0.3 is 6.03 Å². The zero-order valence-corrected chi connectivity index (χ0v) is 9.08. The summed E-state index contributed by atoms with van der Waals surface area (Å²) in [5, 5.41) is 3.25. The first-order valence-corrected chi connectivity index (χ1v) is 4.72. The highest BCUT2D eigenvalue weighted by Gasteiger charge is 2.06. The zero-order valence-electron chi connectivity index (χ0n) is 8.33. The predicted octanol–water partition coefficient (Wildman–Crippen LogP) is 2.44. The number of rotatable bonds is 2. The highest BCUT2D eigenvalue weighted by molar-refractivity contribution is 6.30. The fraction of sp³-hybridized carbons (Fsp3) is 0.182. The van der Waals surface area contributed by atoms with Gasteiger partial charge in [0, 0.05) is 17.8 Å². The second kappa shape index (κ2) is 5.28. The van der Waals surface area contributed by atoms with Crippen LogP contribution in [0.2, 0.25) is 5.02 Å². The SMILES string of the molecule is C#CCN(C)C(=O)Nc1cccc(Cl)c1. The molecule has 1 aromatic carbocycles. The Labute approximate surface area is 94.0 Å². The van der Waals surface area contributed by atoms with Crippen LogP contribution in [0.25, 0.3) is 0 Å². The van der Waals surface area contributed by atoms with Gasteiger partial charge in [-0.25, -0.2) is 4.79 Å². The summed E-state index contributed by atoms with van der Waals surface area (Å²) < 4.78 is 0. The van der Waals surface area contributed by atoms with Gasteiger partial charge in [-0.15, -0.1) is 6.42 Å². The van der Waals surface area contributed by atoms with Gasteiger partial charge in [0.1, 0.15) is 0 Å². The van der Waals surface area contributed by atoms with E-state index in [0.29, 0.717) is 10.7 Å². The molecule has 2 amide bonds. The summed E-state index contributed by atoms with van der Waals surface area (Å²) in [4.78, 5) is 12.9. The van der Waals surface area contributed by atoms with Gasteiger partial charge in [-0.1, -0.05) is 23.6 Å². The monoisotopic (exact) mass is 222 g/mol. The van der Waals surface area contributed by atoms with Crippen LogP contribution in [0.1, 0.15) is 0 Å². The molecule has 0 aliphatic carbocycles. The number of hydrogen-bond acceptors (Lipinski definition) is 1. The van der Waals surface area contributed by atoms with E-state index in [4.69, 9.17) is 18.0 Å². The van der Waals surface area contributed by atoms with Crippen LogP contribution in [-0.2, 0) is 0 Å². The minimum Gasteiger partial charge on any atom is -0.316 e. The molecule has 1 N–H and O–H groups in total. The molecule has 1 aromatic rings. The normalized spacial score (nSPS) is 9.13. The summed E-state index contributed by atoms with van der Waals surface area (Å²) in [6.45, 7) is 0.270. The Balaban J connectivity index is 2.63. The molecule has 78 valence electrons. The largest absolute Gasteiger partial charge is 0.322 e. The molecule has 0 spiro atoms. The maximum Gasteiger partial charge on any atom is 0.322 e. The van der Waals surface area contributed by atoms with Crippen molar-refractivity contribution in [3.8, 4) is 12.3 Å². The van der Waals surface area contributed by atoms with E-state index in [1.54, 1.807) is 31.3 Å². The molecule has 0 heterocycles. The molecule has 3 nitrogen and oxygen atoms in total. The number of carbonyl (C=O) groups is 1. The Morgan fingerprint density at radius 1 is 1.67 bits per heavy atom. The number of nitrogens with zero attached hydrogens (tertiary/aromatic N) is 1. The molecule has 0 atom stereocenters. The van der Waals surface area contributed by atoms with Crippen LogP contribution in [0, 0.1) is 12.3 Å². The lowest BCUT2D eigenvalue weighted by atomic mass is 10.3. The van der Waals surface area contributed by atoms with Crippen LogP contribution in [0.15, 0.2) is 24.3 Å². The number of benzene rings is 1. The van der Waals surface area contributed by atoms with Crippen molar-refractivity contribution in [1.82, 2.24) is 4.90 Å². The van der Waals surface area contributed by atoms with Crippen LogP contribution in [0.3, 0.4) is 0 Å². The summed E-state index contributed by atoms with van der Waals surface area (Å²) in [7, 11) is 1.62. The Bertz CT molecular complexity index is 398. The molecule has 4 heteroatoms. The third-order valence-electron chi connectivity index (χ3n) is 1.75. The van der Waals surface area contributed by atoms with Crippen molar-refractivity contribution in [2.45, 2.75) is 0 Å². The van der Waals surface area contributed by atoms with Crippen molar-refractivity contribution in [3.63, 3.8) is 0 Å². The number of urea groups is 1. The lowest BCUT2D eigenvalue weighted by Crippen LogP contribution is -2.31. The van der Waals surface area contributed by atoms with Crippen LogP contribution in [0.4, 0.5) is 10.5 Å². The molecule has 0 radical (unpaired) electrons. The average Bonchev–Trinajstić information content (AvgIpc) is 2.18. The Kier molecular flexibility index (Phi) is 4.02. The molecule has 0 aromatic heterocycles. The Morgan fingerprint density at radius 2 is 2.40 bits per heavy atom. The quantitative estimate of drug-likeness (QED) is 0.766. The summed E-state index contributed by atoms with van der Waals surface area (Å²) in [5.74, 6) is 2.38. The van der Waals surface area contributed by atoms with Gasteiger partial charge in [-0.05, 0) is 18.2 Å². The van der Waals surface area contributed by atoms with E-state index >= 15 is 0 Å². The zero-order chi connectivity index (χ0) is 11.3. The first-order valence-electron chi connectivity index (χ1n) is 4.34. The van der Waals surface area contributed by atoms with Gasteiger partial charge in [-0.3, -0.25) is 0 Å². The third kappa shape index (κ3) is 3.53. The number of nitrogens with one attached hydrogen (secondary N) is 1. The van der Waals surface area contributed by atoms with Gasteiger partial charge in [0.2, 0.25) is 0 Å². The lowest BCUT2D eigenvalue weighted by Gasteiger charge is -2.14. The van der Waals surface area contributed by atoms with Gasteiger partial charge in [0.15, 0.2) is 0 Å². The highest BCUT2D eigenvalue weighted by atomic mass is 35.5. The van der Waals surface area contributed by atoms with Gasteiger partial charge < -0.3 is 10.2 Å². The van der Waals surface area contributed by atoms with E-state index in [-0.39, 0.29) is 12.6 Å². The topological polar surface area (TPSA) is 32.3 Å². The van der Waals surface area contributed by atoms with Crippen LogP contribution >= 0.6 is 11.6 Å². The van der Waals surface area contributed by atoms with E-state index in [9.17, 15) is 4.79 Å². The lowest BCUT2D eigenvalue weighted by molar-refractivity contribution is 0.227. The van der Waals surface area contributed by atoms with Gasteiger partial charge in [0.25, 0.3) is 0 Å². The highest BCUT2D eigenvalue weighted by Crippen LogP contribution is 2.14. The van der Waals surface area contributed by atoms with E-state index in [1.165, 1.54) is 4.90 Å². The van der Waals surface area contributed by atoms with E-state index < -0.39 is 0 Å². The van der Waals surface area contributed by atoms with Crippen LogP contribution in [-0.4, -0.2) is 24.5 Å². The molecular weight excluding hydrogens is 212 g/mol. The number of hydrogen-bond donors (Lipinski definition) is 1. The molecule has 0 saturated heterocycles. The summed E-state index contributed by atoms with van der Waals surface area (Å²) in [6.07, 6.45) is 5.09. The smallest absolute Gasteiger partial charge is 0.316 e. The molecule has 0 aliphatic rings. The predicted molar refractivity (Wildman–Crippen MR) is 61.9 cm³/mol. The summed E-state index contributed by atoms with van der Waals surface area (Å²) in [6, 6.07) is 6.67. The van der Waals surface area contributed by atoms with Crippen molar-refractivity contribution in [1.29, 1.82) is 0 Å². The molecule has 0 fully saturated rings. The summed E-state index contributed by atoms with van der Waals surface area (Å²) in [5.41, 5.74) is 0.649. The summed E-state index contributed by atoms with van der Waals surface area (Å²) >= 11 is 5.77. The minimum absolute atomic E-state index is 0.254. The van der Waals surface area contributed by atoms with Crippen LogP contribution in [0.5, 0.6) is 0 Å². The average molecular weight is 223 g/mol. The van der Waals surface area contributed by atoms with Crippen molar-refractivity contribution >= 4 is 23.3 Å². The fourth-order valence-corrected chi connectivity index (χ4v) is 1.18. The van der Waals surface area contributed by atoms with E-state index in [2.05, 4.69) is 11.2 Å². The van der Waals surface area contributed by atoms with Crippen molar-refractivity contribution in [2.75, 3.05) is 18.9 Å². The Morgan fingerprint density at radius 3 is 3.00 bits per heavy atom. The molecule has 15 heavy (non-hydrogen) atoms. The number of anilines is 1. The number of carbonyl (C=O) groups excluding carboxylic acids is 1. The third-order valence-corrected chi connectivity index (χ3v) is 1.99. The maximum atomic E-state index is 11.5. The van der Waals surface area contributed by atoms with Crippen molar-refractivity contribution < 1.29 is 4.79 Å². The number of amides is 2. The molecule has 0 aliphatic heterocycles. The van der Waals surface area contributed by atoms with Crippen molar-refractivity contribution in [2.24, 2.45) is 0 Å². The number of halogens is 1. The molecule has 0 unspecified atom stereocenters. The van der Waals surface area contributed by atoms with Crippen LogP contribution < -0.4 is 5.32 Å². The van der Waals surface area contributed by atoms with Gasteiger partial charge in [0.05, 0.1) is 6.54 Å². The minimum atomic E-state index is -0.254. The number of terminal acetylenes is 1. The van der Waals surface area contributed by atoms with Gasteiger partial charge in [-0.2, -0.15) is 0 Å². The Hall–Kier alpha value is -1.66. The second-order valence-corrected chi connectivity index (χ2v) is 3.44. The maximum absolute atomic E-state index is 11.5. The fourth-order valence-electron chi connectivity index (χ4n) is 0.994. The molecule has 0 bridgehead atoms. The van der Waals surface area contributed by atoms with E-state index in [1.807, 2.05) is 0 Å². The standard InChI is InChI=1S/C11H11ClN2O/c1-3-7-14(2)11(15)13-10-6-4-5-9(12)8-10/h1,4-6,8H,7H2,2H3,(H,13,15). The van der Waals surface area contributed by atoms with E-state index in [0.717, 1.165) is 0 Å². The molecule has 0 saturated carbocycles. The second-order valence-electron chi connectivity index (χ2n) is 3.00. The molecular formula is C11H11ClN2O. The van der Waals surface area contributed by atoms with Crippen molar-refractivity contribution in [3.05, 3.63) is 29.3 Å². The first kappa shape index (κ1) is 11.4. The molecule has 1 rings (SSSR count). The first-order chi connectivity index (χ1) is 7.13.